The second-order valence-corrected chi connectivity index (χ2v) is 7.01. The summed E-state index contributed by atoms with van der Waals surface area (Å²) in [5.74, 6) is -0.879. The highest BCUT2D eigenvalue weighted by Crippen LogP contribution is 2.22. The first kappa shape index (κ1) is 16.0. The molecule has 1 saturated heterocycles. The zero-order valence-corrected chi connectivity index (χ0v) is 14.3. The molecule has 0 radical (unpaired) electrons. The summed E-state index contributed by atoms with van der Waals surface area (Å²) < 4.78 is 0. The van der Waals surface area contributed by atoms with Crippen LogP contribution in [0.2, 0.25) is 0 Å². The first-order valence-electron chi connectivity index (χ1n) is 7.76. The summed E-state index contributed by atoms with van der Waals surface area (Å²) in [6.45, 7) is 8.52. The minimum atomic E-state index is -0.879. The van der Waals surface area contributed by atoms with Crippen LogP contribution >= 0.6 is 11.3 Å². The third-order valence-corrected chi connectivity index (χ3v) is 5.26. The molecule has 1 aromatic heterocycles. The van der Waals surface area contributed by atoms with Crippen LogP contribution in [0.3, 0.4) is 0 Å². The fraction of sp³-hybridized carbons (Fsp3) is 0.412. The maximum absolute atomic E-state index is 11.1. The molecule has 0 atom stereocenters. The molecule has 5 nitrogen and oxygen atoms in total. The number of aromatic nitrogens is 1. The SMILES string of the molecule is Cc1cccc(N2CCN(Cc3nc(C)c(C(=O)O)s3)CC2)c1. The van der Waals surface area contributed by atoms with Gasteiger partial charge in [0.15, 0.2) is 0 Å². The Balaban J connectivity index is 1.59. The average molecular weight is 331 g/mol. The van der Waals surface area contributed by atoms with Gasteiger partial charge in [0.2, 0.25) is 0 Å². The Morgan fingerprint density at radius 2 is 2.00 bits per heavy atom. The Kier molecular flexibility index (Phi) is 4.63. The predicted molar refractivity (Wildman–Crippen MR) is 92.5 cm³/mol. The van der Waals surface area contributed by atoms with Crippen LogP contribution in [0, 0.1) is 13.8 Å². The lowest BCUT2D eigenvalue weighted by Gasteiger charge is -2.35. The van der Waals surface area contributed by atoms with Crippen LogP contribution in [0.15, 0.2) is 24.3 Å². The molecule has 23 heavy (non-hydrogen) atoms. The van der Waals surface area contributed by atoms with Gasteiger partial charge < -0.3 is 10.0 Å². The largest absolute Gasteiger partial charge is 0.477 e. The molecular formula is C17H21N3O2S. The van der Waals surface area contributed by atoms with Crippen LogP contribution < -0.4 is 4.90 Å². The third kappa shape index (κ3) is 3.71. The number of piperazine rings is 1. The van der Waals surface area contributed by atoms with E-state index in [9.17, 15) is 4.79 Å². The van der Waals surface area contributed by atoms with Gasteiger partial charge in [-0.25, -0.2) is 9.78 Å². The molecule has 122 valence electrons. The number of carboxylic acids is 1. The van der Waals surface area contributed by atoms with E-state index < -0.39 is 5.97 Å². The van der Waals surface area contributed by atoms with E-state index in [2.05, 4.69) is 46.0 Å². The van der Waals surface area contributed by atoms with Crippen LogP contribution in [0.1, 0.15) is 25.9 Å². The fourth-order valence-electron chi connectivity index (χ4n) is 2.90. The van der Waals surface area contributed by atoms with Crippen molar-refractivity contribution in [2.45, 2.75) is 20.4 Å². The van der Waals surface area contributed by atoms with Gasteiger partial charge in [-0.15, -0.1) is 11.3 Å². The smallest absolute Gasteiger partial charge is 0.347 e. The van der Waals surface area contributed by atoms with Gasteiger partial charge in [0, 0.05) is 31.9 Å². The molecule has 0 aliphatic carbocycles. The van der Waals surface area contributed by atoms with Gasteiger partial charge in [-0.1, -0.05) is 12.1 Å². The molecule has 0 amide bonds. The van der Waals surface area contributed by atoms with Crippen molar-refractivity contribution in [2.24, 2.45) is 0 Å². The number of nitrogens with zero attached hydrogens (tertiary/aromatic N) is 3. The second-order valence-electron chi connectivity index (χ2n) is 5.93. The quantitative estimate of drug-likeness (QED) is 0.933. The van der Waals surface area contributed by atoms with Crippen LogP contribution in [-0.4, -0.2) is 47.1 Å². The summed E-state index contributed by atoms with van der Waals surface area (Å²) in [6.07, 6.45) is 0. The standard InChI is InChI=1S/C17H21N3O2S/c1-12-4-3-5-14(10-12)20-8-6-19(7-9-20)11-15-18-13(2)16(23-15)17(21)22/h3-5,10H,6-9,11H2,1-2H3,(H,21,22). The number of thiazole rings is 1. The normalized spacial score (nSPS) is 15.8. The number of hydrogen-bond acceptors (Lipinski definition) is 5. The lowest BCUT2D eigenvalue weighted by Crippen LogP contribution is -2.45. The number of aryl methyl sites for hydroxylation is 2. The number of carboxylic acid groups (broad SMARTS) is 1. The summed E-state index contributed by atoms with van der Waals surface area (Å²) in [6, 6.07) is 8.60. The van der Waals surface area contributed by atoms with Gasteiger partial charge in [0.05, 0.1) is 12.2 Å². The molecular weight excluding hydrogens is 310 g/mol. The van der Waals surface area contributed by atoms with Crippen molar-refractivity contribution in [3.05, 3.63) is 45.4 Å². The second kappa shape index (κ2) is 6.68. The van der Waals surface area contributed by atoms with E-state index in [0.29, 0.717) is 10.6 Å². The van der Waals surface area contributed by atoms with Crippen LogP contribution in [0.4, 0.5) is 5.69 Å². The highest BCUT2D eigenvalue weighted by Gasteiger charge is 2.20. The minimum absolute atomic E-state index is 0.360. The Labute approximate surface area is 140 Å². The Morgan fingerprint density at radius 1 is 1.26 bits per heavy atom. The lowest BCUT2D eigenvalue weighted by molar-refractivity contribution is 0.0701. The monoisotopic (exact) mass is 331 g/mol. The first-order chi connectivity index (χ1) is 11.0. The highest BCUT2D eigenvalue weighted by molar-refractivity contribution is 7.13. The molecule has 1 aromatic carbocycles. The zero-order chi connectivity index (χ0) is 16.4. The van der Waals surface area contributed by atoms with Crippen molar-refractivity contribution in [3.63, 3.8) is 0 Å². The molecule has 1 fully saturated rings. The van der Waals surface area contributed by atoms with Gasteiger partial charge in [-0.2, -0.15) is 0 Å². The molecule has 0 saturated carbocycles. The molecule has 2 aromatic rings. The van der Waals surface area contributed by atoms with Crippen molar-refractivity contribution in [1.29, 1.82) is 0 Å². The van der Waals surface area contributed by atoms with Gasteiger partial charge in [0.25, 0.3) is 0 Å². The Hall–Kier alpha value is -1.92. The van der Waals surface area contributed by atoms with E-state index in [1.807, 2.05) is 0 Å². The molecule has 3 rings (SSSR count). The molecule has 1 N–H and O–H groups in total. The van der Waals surface area contributed by atoms with E-state index in [1.165, 1.54) is 22.6 Å². The summed E-state index contributed by atoms with van der Waals surface area (Å²) in [5, 5.41) is 10.0. The predicted octanol–water partition coefficient (Wildman–Crippen LogP) is 2.78. The summed E-state index contributed by atoms with van der Waals surface area (Å²) in [7, 11) is 0. The molecule has 1 aliphatic heterocycles. The van der Waals surface area contributed by atoms with Crippen LogP contribution in [-0.2, 0) is 6.54 Å². The number of anilines is 1. The van der Waals surface area contributed by atoms with Crippen LogP contribution in [0.5, 0.6) is 0 Å². The van der Waals surface area contributed by atoms with E-state index in [1.54, 1.807) is 6.92 Å². The van der Waals surface area contributed by atoms with Gasteiger partial charge in [-0.3, -0.25) is 4.90 Å². The van der Waals surface area contributed by atoms with Crippen molar-refractivity contribution in [3.8, 4) is 0 Å². The van der Waals surface area contributed by atoms with E-state index in [-0.39, 0.29) is 0 Å². The zero-order valence-electron chi connectivity index (χ0n) is 13.5. The number of carbonyl (C=O) groups is 1. The van der Waals surface area contributed by atoms with E-state index in [4.69, 9.17) is 5.11 Å². The van der Waals surface area contributed by atoms with Crippen molar-refractivity contribution in [1.82, 2.24) is 9.88 Å². The lowest BCUT2D eigenvalue weighted by atomic mass is 10.2. The summed E-state index contributed by atoms with van der Waals surface area (Å²) in [4.78, 5) is 20.6. The number of aromatic carboxylic acids is 1. The minimum Gasteiger partial charge on any atom is -0.477 e. The molecule has 0 bridgehead atoms. The van der Waals surface area contributed by atoms with E-state index >= 15 is 0 Å². The van der Waals surface area contributed by atoms with Crippen molar-refractivity contribution < 1.29 is 9.90 Å². The fourth-order valence-corrected chi connectivity index (χ4v) is 3.84. The van der Waals surface area contributed by atoms with Gasteiger partial charge in [0.1, 0.15) is 9.88 Å². The molecule has 1 aliphatic rings. The highest BCUT2D eigenvalue weighted by atomic mass is 32.1. The maximum atomic E-state index is 11.1. The molecule has 0 spiro atoms. The first-order valence-corrected chi connectivity index (χ1v) is 8.58. The number of rotatable bonds is 4. The molecule has 2 heterocycles. The van der Waals surface area contributed by atoms with Gasteiger partial charge >= 0.3 is 5.97 Å². The average Bonchev–Trinajstić information content (AvgIpc) is 2.89. The Morgan fingerprint density at radius 3 is 2.61 bits per heavy atom. The van der Waals surface area contributed by atoms with Crippen molar-refractivity contribution >= 4 is 23.0 Å². The Bertz CT molecular complexity index is 706. The number of hydrogen-bond donors (Lipinski definition) is 1. The summed E-state index contributed by atoms with van der Waals surface area (Å²) >= 11 is 1.29. The maximum Gasteiger partial charge on any atom is 0.347 e. The topological polar surface area (TPSA) is 56.7 Å². The van der Waals surface area contributed by atoms with Crippen molar-refractivity contribution in [2.75, 3.05) is 31.1 Å². The summed E-state index contributed by atoms with van der Waals surface area (Å²) in [5.41, 5.74) is 3.18. The molecule has 6 heteroatoms. The van der Waals surface area contributed by atoms with Gasteiger partial charge in [-0.05, 0) is 31.5 Å². The molecule has 0 unspecified atom stereocenters. The van der Waals surface area contributed by atoms with E-state index in [0.717, 1.165) is 37.7 Å². The third-order valence-electron chi connectivity index (χ3n) is 4.13. The number of benzene rings is 1. The van der Waals surface area contributed by atoms with Crippen LogP contribution in [0.25, 0.3) is 0 Å².